The summed E-state index contributed by atoms with van der Waals surface area (Å²) in [5.41, 5.74) is 2.99. The van der Waals surface area contributed by atoms with E-state index in [4.69, 9.17) is 4.74 Å². The minimum atomic E-state index is -0.336. The summed E-state index contributed by atoms with van der Waals surface area (Å²) in [7, 11) is 0. The van der Waals surface area contributed by atoms with Crippen LogP contribution in [0.1, 0.15) is 44.3 Å². The predicted molar refractivity (Wildman–Crippen MR) is 116 cm³/mol. The highest BCUT2D eigenvalue weighted by Gasteiger charge is 2.35. The maximum atomic E-state index is 12.8. The van der Waals surface area contributed by atoms with Crippen molar-refractivity contribution in [3.05, 3.63) is 70.8 Å². The molecule has 0 aromatic heterocycles. The van der Waals surface area contributed by atoms with E-state index in [1.54, 1.807) is 24.3 Å². The lowest BCUT2D eigenvalue weighted by Gasteiger charge is -2.31. The number of hydrogen-bond donors (Lipinski definition) is 1. The van der Waals surface area contributed by atoms with Crippen molar-refractivity contribution in [2.75, 3.05) is 39.4 Å². The molecule has 2 aliphatic rings. The SMILES string of the molecule is Cc1ccc(C(CN2CCOCC2)NC(=O)CCN2C(=O)c3ccccc3C2=O)cc1. The molecule has 3 amide bonds. The number of carbonyl (C=O) groups excluding carboxylic acids is 3. The van der Waals surface area contributed by atoms with E-state index in [1.165, 1.54) is 0 Å². The van der Waals surface area contributed by atoms with Crippen molar-refractivity contribution in [1.29, 1.82) is 0 Å². The van der Waals surface area contributed by atoms with Crippen molar-refractivity contribution in [2.45, 2.75) is 19.4 Å². The van der Waals surface area contributed by atoms with E-state index in [1.807, 2.05) is 31.2 Å². The monoisotopic (exact) mass is 421 g/mol. The van der Waals surface area contributed by atoms with Crippen LogP contribution in [0, 0.1) is 6.92 Å². The van der Waals surface area contributed by atoms with Gasteiger partial charge in [0.1, 0.15) is 0 Å². The second kappa shape index (κ2) is 9.41. The number of fused-ring (bicyclic) bond motifs is 1. The molecule has 4 rings (SSSR count). The van der Waals surface area contributed by atoms with Crippen molar-refractivity contribution in [3.63, 3.8) is 0 Å². The Kier molecular flexibility index (Phi) is 6.44. The van der Waals surface area contributed by atoms with Gasteiger partial charge in [0.25, 0.3) is 11.8 Å². The normalized spacial score (nSPS) is 17.5. The topological polar surface area (TPSA) is 79.0 Å². The fourth-order valence-electron chi connectivity index (χ4n) is 4.00. The number of hydrogen-bond acceptors (Lipinski definition) is 5. The number of aryl methyl sites for hydroxylation is 1. The fourth-order valence-corrected chi connectivity index (χ4v) is 4.00. The van der Waals surface area contributed by atoms with E-state index >= 15 is 0 Å². The molecular formula is C24H27N3O4. The number of carbonyl (C=O) groups is 3. The molecule has 0 radical (unpaired) electrons. The quantitative estimate of drug-likeness (QED) is 0.694. The van der Waals surface area contributed by atoms with Gasteiger partial charge in [0.15, 0.2) is 0 Å². The molecule has 0 spiro atoms. The third kappa shape index (κ3) is 4.84. The standard InChI is InChI=1S/C24H27N3O4/c1-17-6-8-18(9-7-17)21(16-26-12-14-31-15-13-26)25-22(28)10-11-27-23(29)19-4-2-3-5-20(19)24(27)30/h2-9,21H,10-16H2,1H3,(H,25,28). The van der Waals surface area contributed by atoms with Crippen LogP contribution in [0.2, 0.25) is 0 Å². The molecule has 31 heavy (non-hydrogen) atoms. The zero-order valence-electron chi connectivity index (χ0n) is 17.7. The largest absolute Gasteiger partial charge is 0.379 e. The summed E-state index contributed by atoms with van der Waals surface area (Å²) in [6.07, 6.45) is 0.0664. The highest BCUT2D eigenvalue weighted by atomic mass is 16.5. The van der Waals surface area contributed by atoms with E-state index in [-0.39, 0.29) is 36.7 Å². The van der Waals surface area contributed by atoms with Crippen LogP contribution in [0.5, 0.6) is 0 Å². The van der Waals surface area contributed by atoms with Gasteiger partial charge in [-0.25, -0.2) is 0 Å². The summed E-state index contributed by atoms with van der Waals surface area (Å²) in [6, 6.07) is 14.7. The highest BCUT2D eigenvalue weighted by molar-refractivity contribution is 6.21. The van der Waals surface area contributed by atoms with Crippen LogP contribution in [0.15, 0.2) is 48.5 Å². The van der Waals surface area contributed by atoms with Crippen LogP contribution < -0.4 is 5.32 Å². The van der Waals surface area contributed by atoms with Crippen molar-refractivity contribution < 1.29 is 19.1 Å². The van der Waals surface area contributed by atoms with Crippen LogP contribution in [-0.2, 0) is 9.53 Å². The Bertz CT molecular complexity index is 932. The number of nitrogens with one attached hydrogen (secondary N) is 1. The van der Waals surface area contributed by atoms with Gasteiger partial charge in [-0.3, -0.25) is 24.2 Å². The van der Waals surface area contributed by atoms with Crippen LogP contribution >= 0.6 is 0 Å². The summed E-state index contributed by atoms with van der Waals surface area (Å²) in [4.78, 5) is 41.2. The number of rotatable bonds is 7. The van der Waals surface area contributed by atoms with E-state index in [9.17, 15) is 14.4 Å². The van der Waals surface area contributed by atoms with Crippen LogP contribution in [-0.4, -0.2) is 66.9 Å². The van der Waals surface area contributed by atoms with E-state index in [2.05, 4.69) is 10.2 Å². The van der Waals surface area contributed by atoms with E-state index < -0.39 is 0 Å². The number of ether oxygens (including phenoxy) is 1. The van der Waals surface area contributed by atoms with Crippen LogP contribution in [0.3, 0.4) is 0 Å². The molecule has 1 unspecified atom stereocenters. The number of benzene rings is 2. The van der Waals surface area contributed by atoms with Crippen LogP contribution in [0.4, 0.5) is 0 Å². The Morgan fingerprint density at radius 2 is 1.61 bits per heavy atom. The molecule has 0 aliphatic carbocycles. The van der Waals surface area contributed by atoms with Crippen molar-refractivity contribution >= 4 is 17.7 Å². The van der Waals surface area contributed by atoms with E-state index in [0.29, 0.717) is 30.9 Å². The summed E-state index contributed by atoms with van der Waals surface area (Å²) >= 11 is 0. The Hall–Kier alpha value is -3.03. The molecule has 0 saturated carbocycles. The number of morpholine rings is 1. The molecule has 1 saturated heterocycles. The average Bonchev–Trinajstić information content (AvgIpc) is 3.03. The molecule has 1 N–H and O–H groups in total. The Balaban J connectivity index is 1.39. The minimum Gasteiger partial charge on any atom is -0.379 e. The smallest absolute Gasteiger partial charge is 0.261 e. The molecule has 0 bridgehead atoms. The lowest BCUT2D eigenvalue weighted by atomic mass is 10.0. The van der Waals surface area contributed by atoms with Gasteiger partial charge in [-0.2, -0.15) is 0 Å². The van der Waals surface area contributed by atoms with Gasteiger partial charge >= 0.3 is 0 Å². The highest BCUT2D eigenvalue weighted by Crippen LogP contribution is 2.23. The van der Waals surface area contributed by atoms with Gasteiger partial charge in [0.05, 0.1) is 30.4 Å². The Morgan fingerprint density at radius 1 is 1.00 bits per heavy atom. The lowest BCUT2D eigenvalue weighted by molar-refractivity contribution is -0.122. The molecule has 2 aromatic carbocycles. The minimum absolute atomic E-state index is 0.0658. The zero-order valence-corrected chi connectivity index (χ0v) is 17.7. The van der Waals surface area contributed by atoms with Gasteiger partial charge in [-0.05, 0) is 24.6 Å². The maximum Gasteiger partial charge on any atom is 0.261 e. The number of imide groups is 1. The number of amides is 3. The third-order valence-corrected chi connectivity index (χ3v) is 5.80. The molecule has 162 valence electrons. The van der Waals surface area contributed by atoms with Gasteiger partial charge in [-0.1, -0.05) is 42.0 Å². The molecular weight excluding hydrogens is 394 g/mol. The predicted octanol–water partition coefficient (Wildman–Crippen LogP) is 2.17. The maximum absolute atomic E-state index is 12.8. The van der Waals surface area contributed by atoms with Crippen molar-refractivity contribution in [3.8, 4) is 0 Å². The molecule has 1 atom stereocenters. The average molecular weight is 421 g/mol. The molecule has 7 nitrogen and oxygen atoms in total. The second-order valence-corrected chi connectivity index (χ2v) is 8.00. The Labute approximate surface area is 182 Å². The van der Waals surface area contributed by atoms with Crippen LogP contribution in [0.25, 0.3) is 0 Å². The molecule has 2 heterocycles. The van der Waals surface area contributed by atoms with Gasteiger partial charge < -0.3 is 10.1 Å². The third-order valence-electron chi connectivity index (χ3n) is 5.80. The van der Waals surface area contributed by atoms with Crippen molar-refractivity contribution in [1.82, 2.24) is 15.1 Å². The zero-order chi connectivity index (χ0) is 21.8. The van der Waals surface area contributed by atoms with E-state index in [0.717, 1.165) is 29.1 Å². The first-order valence-corrected chi connectivity index (χ1v) is 10.6. The summed E-state index contributed by atoms with van der Waals surface area (Å²) in [5, 5.41) is 3.10. The summed E-state index contributed by atoms with van der Waals surface area (Å²) in [5.74, 6) is -0.857. The molecule has 2 aliphatic heterocycles. The second-order valence-electron chi connectivity index (χ2n) is 8.00. The number of nitrogens with zero attached hydrogens (tertiary/aromatic N) is 2. The molecule has 1 fully saturated rings. The first kappa shape index (κ1) is 21.2. The summed E-state index contributed by atoms with van der Waals surface area (Å²) in [6.45, 7) is 5.81. The lowest BCUT2D eigenvalue weighted by Crippen LogP contribution is -2.43. The molecule has 7 heteroatoms. The first-order valence-electron chi connectivity index (χ1n) is 10.6. The van der Waals surface area contributed by atoms with Gasteiger partial charge in [0, 0.05) is 32.6 Å². The van der Waals surface area contributed by atoms with Gasteiger partial charge in [-0.15, -0.1) is 0 Å². The molecule has 2 aromatic rings. The summed E-state index contributed by atoms with van der Waals surface area (Å²) < 4.78 is 5.43. The van der Waals surface area contributed by atoms with Crippen molar-refractivity contribution in [2.24, 2.45) is 0 Å². The first-order chi connectivity index (χ1) is 15.0. The fraction of sp³-hybridized carbons (Fsp3) is 0.375. The van der Waals surface area contributed by atoms with Gasteiger partial charge in [0.2, 0.25) is 5.91 Å². The Morgan fingerprint density at radius 3 is 2.23 bits per heavy atom.